The second kappa shape index (κ2) is 21.3. The van der Waals surface area contributed by atoms with Gasteiger partial charge in [0.2, 0.25) is 17.2 Å². The van der Waals surface area contributed by atoms with Crippen molar-refractivity contribution < 1.29 is 153 Å². The van der Waals surface area contributed by atoms with Crippen molar-refractivity contribution in [3.8, 4) is 45.6 Å². The topological polar surface area (TPSA) is 400 Å². The van der Waals surface area contributed by atoms with Crippen LogP contribution in [0, 0.1) is 0 Å². The number of benzene rings is 5. The van der Waals surface area contributed by atoms with Crippen molar-refractivity contribution in [2.24, 2.45) is 0 Å². The monoisotopic (exact) mass is 1180 g/mol. The summed E-state index contributed by atoms with van der Waals surface area (Å²) in [5.74, 6) is -1.66. The molecule has 0 aliphatic carbocycles. The number of hydrogen-bond acceptors (Lipinski definition) is 22. The molecule has 34 heteroatoms. The van der Waals surface area contributed by atoms with E-state index < -0.39 is 77.8 Å². The number of sulfonamides is 1. The van der Waals surface area contributed by atoms with Crippen molar-refractivity contribution in [2.75, 3.05) is 15.8 Å². The van der Waals surface area contributed by atoms with E-state index in [4.69, 9.17) is 17.3 Å². The molecule has 365 valence electrons. The van der Waals surface area contributed by atoms with Gasteiger partial charge in [-0.15, -0.1) is 0 Å². The van der Waals surface area contributed by atoms with E-state index >= 15 is 0 Å². The van der Waals surface area contributed by atoms with Crippen molar-refractivity contribution in [2.45, 2.75) is 19.6 Å². The van der Waals surface area contributed by atoms with Gasteiger partial charge in [-0.05, 0) is 70.9 Å². The molecule has 0 amide bonds. The van der Waals surface area contributed by atoms with Crippen LogP contribution in [-0.4, -0.2) is 92.2 Å². The molecule has 0 spiro atoms. The van der Waals surface area contributed by atoms with Gasteiger partial charge in [0.1, 0.15) is 30.4 Å². The van der Waals surface area contributed by atoms with Crippen molar-refractivity contribution in [3.05, 3.63) is 102 Å². The van der Waals surface area contributed by atoms with Crippen LogP contribution in [0.2, 0.25) is 5.28 Å². The molecule has 11 rings (SSSR count). The van der Waals surface area contributed by atoms with Crippen molar-refractivity contribution in [3.63, 3.8) is 0 Å². The van der Waals surface area contributed by atoms with E-state index in [0.717, 1.165) is 18.2 Å². The first-order valence-electron chi connectivity index (χ1n) is 19.8. The summed E-state index contributed by atoms with van der Waals surface area (Å²) >= 11 is 5.90. The molecular weight excluding hydrogens is 1160 g/mol. The second-order valence-corrected chi connectivity index (χ2v) is 21.3. The third kappa shape index (κ3) is 11.0. The number of hydrogen-bond donors (Lipinski definition) is 3. The number of aromatic nitrogens is 11. The molecule has 2 aliphatic heterocycles. The van der Waals surface area contributed by atoms with E-state index in [1.807, 2.05) is 0 Å². The molecule has 2 aliphatic rings. The Balaban J connectivity index is 0.00000205. The fraction of sp³-hybridized carbons (Fsp3) is 0. The van der Waals surface area contributed by atoms with Crippen LogP contribution in [0.5, 0.6) is 0 Å². The van der Waals surface area contributed by atoms with Gasteiger partial charge >= 0.3 is 106 Å². The maximum absolute atomic E-state index is 14.1. The molecule has 0 saturated carbocycles. The third-order valence-corrected chi connectivity index (χ3v) is 14.9. The molecule has 0 unspecified atom stereocenters. The smallest absolute Gasteiger partial charge is 0.744 e. The molecule has 9 aromatic rings. The summed E-state index contributed by atoms with van der Waals surface area (Å²) in [4.78, 5) is 44.9. The van der Waals surface area contributed by atoms with E-state index in [1.165, 1.54) is 72.8 Å². The summed E-state index contributed by atoms with van der Waals surface area (Å²) in [5.41, 5.74) is 3.98. The Hall–Kier alpha value is -4.64. The summed E-state index contributed by atoms with van der Waals surface area (Å²) < 4.78 is 146. The normalized spacial score (nSPS) is 12.1. The maximum atomic E-state index is 14.1. The average molecular weight is 1180 g/mol. The summed E-state index contributed by atoms with van der Waals surface area (Å²) in [6.45, 7) is 0. The summed E-state index contributed by atoms with van der Waals surface area (Å²) in [5, 5.41) is 1.77. The fourth-order valence-electron chi connectivity index (χ4n) is 7.90. The van der Waals surface area contributed by atoms with Crippen LogP contribution < -0.4 is 114 Å². The molecule has 5 aromatic carbocycles. The molecular formula is C41H20ClCuN14Na3O11S4. The maximum Gasteiger partial charge on any atom is 2.00 e. The van der Waals surface area contributed by atoms with E-state index in [0.29, 0.717) is 5.69 Å². The van der Waals surface area contributed by atoms with Crippen LogP contribution in [0.25, 0.3) is 89.7 Å². The first-order valence-corrected chi connectivity index (χ1v) is 25.9. The molecule has 25 nitrogen and oxygen atoms in total. The molecule has 8 bridgehead atoms. The van der Waals surface area contributed by atoms with Crippen molar-refractivity contribution >= 4 is 119 Å². The molecule has 6 heterocycles. The number of rotatable bonds is 8. The Morgan fingerprint density at radius 3 is 1.57 bits per heavy atom. The van der Waals surface area contributed by atoms with E-state index in [9.17, 15) is 47.3 Å². The summed E-state index contributed by atoms with van der Waals surface area (Å²) in [6, 6.07) is 20.3. The van der Waals surface area contributed by atoms with Gasteiger partial charge in [0.25, 0.3) is 10.0 Å². The SMILES string of the molecule is Nc1nc(Cl)nc(Nc2cccc(NS(=O)(=O)c3ccc4c(c3)-c3nc-4nc4[n-]c(nc5nc(nc6[n-]c(n3)c3c(S(=O)(=O)[O-])cccc63)-c3c-5cccc3S(=O)(=O)[O-])c3c(S(=O)(=O)[O-])cccc43)c2)n1.[Cu+2].[Na+].[Na+].[Na+]. The minimum absolute atomic E-state index is 0. The average Bonchev–Trinajstić information content (AvgIpc) is 4.03. The molecule has 1 radical (unpaired) electrons. The van der Waals surface area contributed by atoms with Gasteiger partial charge < -0.3 is 54.6 Å². The Kier molecular flexibility index (Phi) is 16.5. The Bertz CT molecular complexity index is 4530. The largest absolute Gasteiger partial charge is 2.00 e. The minimum atomic E-state index is -5.31. The van der Waals surface area contributed by atoms with Gasteiger partial charge in [-0.2, -0.15) is 15.0 Å². The van der Waals surface area contributed by atoms with Crippen LogP contribution in [-0.2, 0) is 57.4 Å². The van der Waals surface area contributed by atoms with Crippen LogP contribution in [0.1, 0.15) is 0 Å². The zero-order valence-corrected chi connectivity index (χ0v) is 49.0. The van der Waals surface area contributed by atoms with E-state index in [1.54, 1.807) is 6.07 Å². The molecule has 0 saturated heterocycles. The number of nitrogens with two attached hydrogens (primary N) is 1. The van der Waals surface area contributed by atoms with Crippen LogP contribution in [0.4, 0.5) is 23.3 Å². The quantitative estimate of drug-likeness (QED) is 0.0945. The molecule has 4 N–H and O–H groups in total. The summed E-state index contributed by atoms with van der Waals surface area (Å²) in [6.07, 6.45) is 0. The standard InChI is InChI=1S/C41H23ClN14O11S4.Cu.3Na/c42-39-53-40(43)55-41(54-39)44-17-5-1-6-18(15-17)56-68(57,58)19-13-14-20-24(16-19)35-46-31(20)45-32-21-7-2-10-25(69(59,60)61)28(21)36(47-32)48-33-22-8-3-11-26(70(62,63)64)29(22)37(49-33)50-34-23-9-4-12-27(71(65,66)67)30(23)38(51-34)52-35;;;;/h1-16,56H,(H6-2,43,44,45,46,47,48,49,50,51,52,53,54,55,59,60,61,62,63,64,65,66,67);;;;/q-2;+2;3*+1/p-3. The molecule has 0 atom stereocenters. The van der Waals surface area contributed by atoms with Gasteiger partial charge in [-0.3, -0.25) is 4.72 Å². The van der Waals surface area contributed by atoms with Crippen LogP contribution >= 0.6 is 11.6 Å². The van der Waals surface area contributed by atoms with Gasteiger partial charge in [0, 0.05) is 61.3 Å². The van der Waals surface area contributed by atoms with Crippen LogP contribution in [0.3, 0.4) is 0 Å². The van der Waals surface area contributed by atoms with E-state index in [2.05, 4.69) is 64.9 Å². The van der Waals surface area contributed by atoms with Gasteiger partial charge in [-0.1, -0.05) is 48.5 Å². The van der Waals surface area contributed by atoms with Crippen molar-refractivity contribution in [1.82, 2.24) is 54.8 Å². The fourth-order valence-corrected chi connectivity index (χ4v) is 11.2. The number of halogens is 1. The predicted octanol–water partition coefficient (Wildman–Crippen LogP) is -5.19. The number of nitrogens with one attached hydrogen (secondary N) is 2. The molecule has 75 heavy (non-hydrogen) atoms. The van der Waals surface area contributed by atoms with Gasteiger partial charge in [-0.25, -0.2) is 43.6 Å². The Morgan fingerprint density at radius 2 is 0.987 bits per heavy atom. The number of fused-ring (bicyclic) bond motifs is 20. The van der Waals surface area contributed by atoms with Gasteiger partial charge in [0.15, 0.2) is 0 Å². The zero-order chi connectivity index (χ0) is 49.9. The first-order chi connectivity index (χ1) is 33.6. The molecule has 4 aromatic heterocycles. The first kappa shape index (κ1) is 58.1. The number of nitrogens with zero attached hydrogens (tertiary/aromatic N) is 11. The van der Waals surface area contributed by atoms with E-state index in [-0.39, 0.29) is 200 Å². The van der Waals surface area contributed by atoms with Gasteiger partial charge in [0.05, 0.1) is 48.6 Å². The van der Waals surface area contributed by atoms with Crippen molar-refractivity contribution in [1.29, 1.82) is 0 Å². The Morgan fingerprint density at radius 1 is 0.493 bits per heavy atom. The third-order valence-electron chi connectivity index (χ3n) is 10.8. The Labute approximate surface area is 504 Å². The second-order valence-electron chi connectivity index (χ2n) is 15.2. The minimum Gasteiger partial charge on any atom is -0.744 e. The summed E-state index contributed by atoms with van der Waals surface area (Å²) in [7, 11) is -20.4. The number of anilines is 4. The number of nitrogen functional groups attached to an aromatic ring is 1. The zero-order valence-electron chi connectivity index (χ0n) is 38.0. The molecule has 0 fully saturated rings. The predicted molar refractivity (Wildman–Crippen MR) is 248 cm³/mol. The van der Waals surface area contributed by atoms with Crippen LogP contribution in [0.15, 0.2) is 117 Å².